The maximum atomic E-state index is 12.4. The van der Waals surface area contributed by atoms with Gasteiger partial charge < -0.3 is 20.4 Å². The number of rotatable bonds is 5. The molecule has 0 aromatic heterocycles. The molecule has 0 radical (unpaired) electrons. The smallest absolute Gasteiger partial charge is 0.318 e. The Bertz CT molecular complexity index is 510. The molecule has 5 heteroatoms. The highest BCUT2D eigenvalue weighted by Crippen LogP contribution is 2.25. The molecule has 2 amide bonds. The topological polar surface area (TPSA) is 72.8 Å². The van der Waals surface area contributed by atoms with E-state index in [4.69, 9.17) is 0 Å². The minimum Gasteiger partial charge on any atom is -0.508 e. The minimum absolute atomic E-state index is 0.107. The van der Waals surface area contributed by atoms with Crippen LogP contribution in [0.4, 0.5) is 4.79 Å². The van der Waals surface area contributed by atoms with E-state index in [1.165, 1.54) is 0 Å². The van der Waals surface area contributed by atoms with E-state index in [0.717, 1.165) is 31.2 Å². The Kier molecular flexibility index (Phi) is 5.83. The molecule has 1 fully saturated rings. The standard InChI is InChI=1S/C17H24N2O3/c1-2-10-18-17(22)19(14-6-8-15(20)9-7-14)12-13-4-3-5-16(21)11-13/h2-5,11,14-15,20-21H,1,6-10,12H2,(H,18,22). The van der Waals surface area contributed by atoms with Gasteiger partial charge in [0.05, 0.1) is 6.10 Å². The molecule has 0 aliphatic heterocycles. The molecule has 5 nitrogen and oxygen atoms in total. The van der Waals surface area contributed by atoms with E-state index in [1.807, 2.05) is 6.07 Å². The third-order valence-corrected chi connectivity index (χ3v) is 4.03. The second-order valence-corrected chi connectivity index (χ2v) is 5.73. The molecule has 1 saturated carbocycles. The predicted octanol–water partition coefficient (Wildman–Crippen LogP) is 2.39. The summed E-state index contributed by atoms with van der Waals surface area (Å²) in [5.74, 6) is 0.197. The van der Waals surface area contributed by atoms with Gasteiger partial charge in [-0.3, -0.25) is 0 Å². The first kappa shape index (κ1) is 16.4. The third kappa shape index (κ3) is 4.49. The highest BCUT2D eigenvalue weighted by molar-refractivity contribution is 5.74. The average Bonchev–Trinajstić information content (AvgIpc) is 2.51. The van der Waals surface area contributed by atoms with Crippen molar-refractivity contribution in [3.63, 3.8) is 0 Å². The van der Waals surface area contributed by atoms with Crippen molar-refractivity contribution in [1.29, 1.82) is 0 Å². The first-order valence-electron chi connectivity index (χ1n) is 7.71. The van der Waals surface area contributed by atoms with Crippen LogP contribution in [0.2, 0.25) is 0 Å². The van der Waals surface area contributed by atoms with E-state index >= 15 is 0 Å². The quantitative estimate of drug-likeness (QED) is 0.731. The molecule has 120 valence electrons. The zero-order valence-electron chi connectivity index (χ0n) is 12.7. The lowest BCUT2D eigenvalue weighted by atomic mass is 9.92. The van der Waals surface area contributed by atoms with E-state index in [0.29, 0.717) is 13.1 Å². The lowest BCUT2D eigenvalue weighted by molar-refractivity contribution is 0.0820. The number of phenolic OH excluding ortho intramolecular Hbond substituents is 1. The molecule has 1 aliphatic carbocycles. The number of aliphatic hydroxyl groups is 1. The summed E-state index contributed by atoms with van der Waals surface area (Å²) in [5.41, 5.74) is 0.889. The summed E-state index contributed by atoms with van der Waals surface area (Å²) in [4.78, 5) is 14.2. The molecular formula is C17H24N2O3. The number of amides is 2. The average molecular weight is 304 g/mol. The van der Waals surface area contributed by atoms with Crippen LogP contribution in [0, 0.1) is 0 Å². The molecule has 1 aromatic carbocycles. The number of nitrogens with one attached hydrogen (secondary N) is 1. The maximum Gasteiger partial charge on any atom is 0.318 e. The Morgan fingerprint density at radius 2 is 2.09 bits per heavy atom. The summed E-state index contributed by atoms with van der Waals surface area (Å²) in [6, 6.07) is 6.93. The van der Waals surface area contributed by atoms with Crippen LogP contribution in [-0.2, 0) is 6.54 Å². The highest BCUT2D eigenvalue weighted by atomic mass is 16.3. The summed E-state index contributed by atoms with van der Waals surface area (Å²) in [6.07, 6.45) is 4.42. The maximum absolute atomic E-state index is 12.4. The van der Waals surface area contributed by atoms with Crippen molar-refractivity contribution in [3.8, 4) is 5.75 Å². The molecule has 0 saturated heterocycles. The molecular weight excluding hydrogens is 280 g/mol. The summed E-state index contributed by atoms with van der Waals surface area (Å²) >= 11 is 0. The molecule has 0 atom stereocenters. The Balaban J connectivity index is 2.10. The second-order valence-electron chi connectivity index (χ2n) is 5.73. The molecule has 0 spiro atoms. The van der Waals surface area contributed by atoms with Gasteiger partial charge in [0.15, 0.2) is 0 Å². The Morgan fingerprint density at radius 1 is 1.36 bits per heavy atom. The normalized spacial score (nSPS) is 21.1. The van der Waals surface area contributed by atoms with Gasteiger partial charge in [0.1, 0.15) is 5.75 Å². The van der Waals surface area contributed by atoms with Crippen molar-refractivity contribution in [2.24, 2.45) is 0 Å². The van der Waals surface area contributed by atoms with Crippen LogP contribution in [0.3, 0.4) is 0 Å². The van der Waals surface area contributed by atoms with Gasteiger partial charge in [0.2, 0.25) is 0 Å². The van der Waals surface area contributed by atoms with E-state index in [-0.39, 0.29) is 23.9 Å². The number of carbonyl (C=O) groups excluding carboxylic acids is 1. The van der Waals surface area contributed by atoms with Gasteiger partial charge in [0, 0.05) is 19.1 Å². The largest absolute Gasteiger partial charge is 0.508 e. The van der Waals surface area contributed by atoms with Crippen molar-refractivity contribution in [1.82, 2.24) is 10.2 Å². The summed E-state index contributed by atoms with van der Waals surface area (Å²) in [6.45, 7) is 4.47. The van der Waals surface area contributed by atoms with E-state index in [1.54, 1.807) is 29.2 Å². The summed E-state index contributed by atoms with van der Waals surface area (Å²) < 4.78 is 0. The van der Waals surface area contributed by atoms with Gasteiger partial charge in [-0.2, -0.15) is 0 Å². The number of urea groups is 1. The minimum atomic E-state index is -0.255. The van der Waals surface area contributed by atoms with Gasteiger partial charge in [-0.15, -0.1) is 6.58 Å². The number of benzene rings is 1. The van der Waals surface area contributed by atoms with Crippen LogP contribution >= 0.6 is 0 Å². The number of carbonyl (C=O) groups is 1. The Hall–Kier alpha value is -2.01. The molecule has 1 aromatic rings. The van der Waals surface area contributed by atoms with Crippen molar-refractivity contribution in [3.05, 3.63) is 42.5 Å². The fourth-order valence-electron chi connectivity index (χ4n) is 2.85. The lowest BCUT2D eigenvalue weighted by Gasteiger charge is -2.35. The van der Waals surface area contributed by atoms with Crippen LogP contribution in [0.5, 0.6) is 5.75 Å². The van der Waals surface area contributed by atoms with Crippen LogP contribution in [0.25, 0.3) is 0 Å². The third-order valence-electron chi connectivity index (χ3n) is 4.03. The zero-order chi connectivity index (χ0) is 15.9. The van der Waals surface area contributed by atoms with Crippen LogP contribution in [0.15, 0.2) is 36.9 Å². The SMILES string of the molecule is C=CCNC(=O)N(Cc1cccc(O)c1)C1CCC(O)CC1. The van der Waals surface area contributed by atoms with Crippen molar-refractivity contribution in [2.75, 3.05) is 6.54 Å². The molecule has 1 aliphatic rings. The fourth-order valence-corrected chi connectivity index (χ4v) is 2.85. The Labute approximate surface area is 131 Å². The number of aromatic hydroxyl groups is 1. The monoisotopic (exact) mass is 304 g/mol. The zero-order valence-corrected chi connectivity index (χ0v) is 12.7. The van der Waals surface area contributed by atoms with E-state index in [9.17, 15) is 15.0 Å². The molecule has 2 rings (SSSR count). The van der Waals surface area contributed by atoms with Crippen molar-refractivity contribution < 1.29 is 15.0 Å². The van der Waals surface area contributed by atoms with Gasteiger partial charge in [-0.25, -0.2) is 4.79 Å². The predicted molar refractivity (Wildman–Crippen MR) is 85.5 cm³/mol. The lowest BCUT2D eigenvalue weighted by Crippen LogP contribution is -2.47. The first-order valence-corrected chi connectivity index (χ1v) is 7.71. The summed E-state index contributed by atoms with van der Waals surface area (Å²) in [5, 5.41) is 22.1. The van der Waals surface area contributed by atoms with Crippen molar-refractivity contribution >= 4 is 6.03 Å². The fraction of sp³-hybridized carbons (Fsp3) is 0.471. The number of aliphatic hydroxyl groups excluding tert-OH is 1. The van der Waals surface area contributed by atoms with Gasteiger partial charge in [0.25, 0.3) is 0 Å². The summed E-state index contributed by atoms with van der Waals surface area (Å²) in [7, 11) is 0. The van der Waals surface area contributed by atoms with Crippen LogP contribution in [0.1, 0.15) is 31.2 Å². The highest BCUT2D eigenvalue weighted by Gasteiger charge is 2.28. The van der Waals surface area contributed by atoms with E-state index in [2.05, 4.69) is 11.9 Å². The second kappa shape index (κ2) is 7.84. The van der Waals surface area contributed by atoms with Gasteiger partial charge in [-0.05, 0) is 43.4 Å². The molecule has 22 heavy (non-hydrogen) atoms. The van der Waals surface area contributed by atoms with Crippen LogP contribution in [-0.4, -0.2) is 39.8 Å². The number of phenols is 1. The van der Waals surface area contributed by atoms with E-state index < -0.39 is 0 Å². The van der Waals surface area contributed by atoms with Gasteiger partial charge >= 0.3 is 6.03 Å². The van der Waals surface area contributed by atoms with Crippen molar-refractivity contribution in [2.45, 2.75) is 44.4 Å². The molecule has 0 unspecified atom stereocenters. The number of hydrogen-bond acceptors (Lipinski definition) is 3. The molecule has 3 N–H and O–H groups in total. The first-order chi connectivity index (χ1) is 10.6. The van der Waals surface area contributed by atoms with Gasteiger partial charge in [-0.1, -0.05) is 18.2 Å². The Morgan fingerprint density at radius 3 is 2.73 bits per heavy atom. The van der Waals surface area contributed by atoms with Crippen LogP contribution < -0.4 is 5.32 Å². The number of nitrogens with zero attached hydrogens (tertiary/aromatic N) is 1. The number of hydrogen-bond donors (Lipinski definition) is 3. The molecule has 0 bridgehead atoms. The molecule has 0 heterocycles.